The molecule has 7 nitrogen and oxygen atoms in total. The highest BCUT2D eigenvalue weighted by atomic mass is 32.2. The fraction of sp³-hybridized carbons (Fsp3) is 0.357. The highest BCUT2D eigenvalue weighted by molar-refractivity contribution is 8.01. The Morgan fingerprint density at radius 3 is 2.91 bits per heavy atom. The number of hydrogen-bond acceptors (Lipinski definition) is 8. The second-order valence-electron chi connectivity index (χ2n) is 4.77. The number of Topliss-reactive ketones (excluding diaryl/α,β-unsaturated/α-hetero) is 1. The molecule has 2 rings (SSSR count). The number of nitro groups is 1. The van der Waals surface area contributed by atoms with Crippen molar-refractivity contribution in [3.63, 3.8) is 0 Å². The van der Waals surface area contributed by atoms with Gasteiger partial charge in [-0.25, -0.2) is 0 Å². The maximum atomic E-state index is 12.2. The third kappa shape index (κ3) is 4.73. The Kier molecular flexibility index (Phi) is 6.05. The Labute approximate surface area is 141 Å². The number of aromatic nitrogens is 2. The number of carbonyl (C=O) groups is 1. The van der Waals surface area contributed by atoms with E-state index < -0.39 is 4.92 Å². The molecule has 2 aromatic rings. The van der Waals surface area contributed by atoms with Crippen molar-refractivity contribution < 1.29 is 9.72 Å². The van der Waals surface area contributed by atoms with Crippen LogP contribution in [0.3, 0.4) is 0 Å². The molecule has 1 heterocycles. The minimum absolute atomic E-state index is 0.0391. The van der Waals surface area contributed by atoms with Crippen LogP contribution in [0.1, 0.15) is 29.3 Å². The Morgan fingerprint density at radius 2 is 2.22 bits per heavy atom. The SMILES string of the molecule is CCCNc1nnc(SCC(=O)c2ccc(C)c([N+](=O)[O-])c2)s1. The lowest BCUT2D eigenvalue weighted by atomic mass is 10.1. The molecule has 0 saturated carbocycles. The quantitative estimate of drug-likeness (QED) is 0.336. The van der Waals surface area contributed by atoms with E-state index >= 15 is 0 Å². The molecule has 0 atom stereocenters. The fourth-order valence-corrected chi connectivity index (χ4v) is 3.43. The zero-order valence-electron chi connectivity index (χ0n) is 12.7. The van der Waals surface area contributed by atoms with Crippen LogP contribution in [0.15, 0.2) is 22.5 Å². The summed E-state index contributed by atoms with van der Waals surface area (Å²) in [4.78, 5) is 22.6. The summed E-state index contributed by atoms with van der Waals surface area (Å²) in [5.74, 6) is -0.000758. The summed E-state index contributed by atoms with van der Waals surface area (Å²) in [6, 6.07) is 4.53. The summed E-state index contributed by atoms with van der Waals surface area (Å²) in [5, 5.41) is 22.8. The van der Waals surface area contributed by atoms with Gasteiger partial charge in [0, 0.05) is 23.7 Å². The van der Waals surface area contributed by atoms with Gasteiger partial charge in [0.1, 0.15) is 0 Å². The molecule has 0 aliphatic rings. The molecular weight excluding hydrogens is 336 g/mol. The van der Waals surface area contributed by atoms with Gasteiger partial charge in [0.25, 0.3) is 5.69 Å². The molecule has 0 aliphatic heterocycles. The van der Waals surface area contributed by atoms with Crippen LogP contribution in [0.4, 0.5) is 10.8 Å². The highest BCUT2D eigenvalue weighted by Crippen LogP contribution is 2.27. The number of nitrogens with zero attached hydrogens (tertiary/aromatic N) is 3. The molecule has 1 aromatic carbocycles. The number of ketones is 1. The minimum atomic E-state index is -0.477. The van der Waals surface area contributed by atoms with E-state index in [9.17, 15) is 14.9 Å². The molecule has 0 fully saturated rings. The summed E-state index contributed by atoms with van der Waals surface area (Å²) >= 11 is 2.67. The lowest BCUT2D eigenvalue weighted by Crippen LogP contribution is -2.04. The van der Waals surface area contributed by atoms with Gasteiger partial charge in [-0.05, 0) is 13.3 Å². The van der Waals surface area contributed by atoms with Crippen LogP contribution in [0.5, 0.6) is 0 Å². The second kappa shape index (κ2) is 8.02. The average Bonchev–Trinajstić information content (AvgIpc) is 2.98. The number of rotatable bonds is 8. The lowest BCUT2D eigenvalue weighted by molar-refractivity contribution is -0.385. The van der Waals surface area contributed by atoms with E-state index in [1.54, 1.807) is 19.1 Å². The van der Waals surface area contributed by atoms with Crippen LogP contribution < -0.4 is 5.32 Å². The summed E-state index contributed by atoms with van der Waals surface area (Å²) in [6.45, 7) is 4.53. The van der Waals surface area contributed by atoms with E-state index in [0.717, 1.165) is 18.1 Å². The van der Waals surface area contributed by atoms with Gasteiger partial charge >= 0.3 is 0 Å². The van der Waals surface area contributed by atoms with E-state index in [4.69, 9.17) is 0 Å². The lowest BCUT2D eigenvalue weighted by Gasteiger charge is -2.01. The molecule has 0 unspecified atom stereocenters. The van der Waals surface area contributed by atoms with Gasteiger partial charge in [0.05, 0.1) is 10.7 Å². The van der Waals surface area contributed by atoms with E-state index in [0.29, 0.717) is 15.5 Å². The molecule has 0 bridgehead atoms. The number of aryl methyl sites for hydroxylation is 1. The second-order valence-corrected chi connectivity index (χ2v) is 6.97. The molecule has 0 spiro atoms. The predicted molar refractivity (Wildman–Crippen MR) is 91.6 cm³/mol. The van der Waals surface area contributed by atoms with Crippen molar-refractivity contribution in [2.45, 2.75) is 24.6 Å². The van der Waals surface area contributed by atoms with Gasteiger partial charge in [-0.2, -0.15) is 0 Å². The summed E-state index contributed by atoms with van der Waals surface area (Å²) in [7, 11) is 0. The standard InChI is InChI=1S/C14H16N4O3S2/c1-3-6-15-13-16-17-14(23-13)22-8-12(19)10-5-4-9(2)11(7-10)18(20)21/h4-5,7H,3,6,8H2,1-2H3,(H,15,16). The Balaban J connectivity index is 1.98. The number of anilines is 1. The largest absolute Gasteiger partial charge is 0.360 e. The highest BCUT2D eigenvalue weighted by Gasteiger charge is 2.16. The van der Waals surface area contributed by atoms with E-state index in [1.807, 2.05) is 0 Å². The van der Waals surface area contributed by atoms with Crippen molar-refractivity contribution in [1.29, 1.82) is 0 Å². The minimum Gasteiger partial charge on any atom is -0.360 e. The van der Waals surface area contributed by atoms with Gasteiger partial charge < -0.3 is 5.32 Å². The van der Waals surface area contributed by atoms with Crippen LogP contribution in [-0.4, -0.2) is 33.2 Å². The number of nitrogens with one attached hydrogen (secondary N) is 1. The summed E-state index contributed by atoms with van der Waals surface area (Å²) in [5.41, 5.74) is 0.835. The Hall–Kier alpha value is -2.00. The van der Waals surface area contributed by atoms with E-state index in [1.165, 1.54) is 29.2 Å². The molecule has 0 radical (unpaired) electrons. The maximum absolute atomic E-state index is 12.2. The van der Waals surface area contributed by atoms with E-state index in [2.05, 4.69) is 22.4 Å². The number of thioether (sulfide) groups is 1. The van der Waals surface area contributed by atoms with Crippen molar-refractivity contribution in [2.75, 3.05) is 17.6 Å². The first-order chi connectivity index (χ1) is 11.0. The smallest absolute Gasteiger partial charge is 0.273 e. The number of benzene rings is 1. The molecule has 9 heteroatoms. The topological polar surface area (TPSA) is 98.0 Å². The Bertz CT molecular complexity index is 718. The Morgan fingerprint density at radius 1 is 1.43 bits per heavy atom. The molecular formula is C14H16N4O3S2. The molecule has 1 aromatic heterocycles. The monoisotopic (exact) mass is 352 g/mol. The van der Waals surface area contributed by atoms with Crippen molar-refractivity contribution in [3.8, 4) is 0 Å². The zero-order valence-corrected chi connectivity index (χ0v) is 14.4. The van der Waals surface area contributed by atoms with Gasteiger partial charge in [-0.1, -0.05) is 42.2 Å². The third-order valence-corrected chi connectivity index (χ3v) is 5.00. The predicted octanol–water partition coefficient (Wildman–Crippen LogP) is 3.55. The van der Waals surface area contributed by atoms with Crippen LogP contribution in [0, 0.1) is 17.0 Å². The van der Waals surface area contributed by atoms with E-state index in [-0.39, 0.29) is 17.2 Å². The van der Waals surface area contributed by atoms with Gasteiger partial charge in [-0.15, -0.1) is 10.2 Å². The number of carbonyl (C=O) groups excluding carboxylic acids is 1. The molecule has 0 aliphatic carbocycles. The first-order valence-corrected chi connectivity index (χ1v) is 8.80. The van der Waals surface area contributed by atoms with Crippen LogP contribution >= 0.6 is 23.1 Å². The van der Waals surface area contributed by atoms with Crippen LogP contribution in [-0.2, 0) is 0 Å². The van der Waals surface area contributed by atoms with Crippen molar-refractivity contribution in [3.05, 3.63) is 39.4 Å². The van der Waals surface area contributed by atoms with Crippen molar-refractivity contribution >= 4 is 39.7 Å². The number of hydrogen-bond donors (Lipinski definition) is 1. The van der Waals surface area contributed by atoms with Crippen LogP contribution in [0.2, 0.25) is 0 Å². The molecule has 122 valence electrons. The van der Waals surface area contributed by atoms with Crippen molar-refractivity contribution in [1.82, 2.24) is 10.2 Å². The normalized spacial score (nSPS) is 10.5. The molecule has 1 N–H and O–H groups in total. The summed E-state index contributed by atoms with van der Waals surface area (Å²) < 4.78 is 0.693. The average molecular weight is 352 g/mol. The van der Waals surface area contributed by atoms with Gasteiger partial charge in [0.2, 0.25) is 5.13 Å². The van der Waals surface area contributed by atoms with Crippen LogP contribution in [0.25, 0.3) is 0 Å². The van der Waals surface area contributed by atoms with Gasteiger partial charge in [0.15, 0.2) is 10.1 Å². The maximum Gasteiger partial charge on any atom is 0.273 e. The number of nitro benzene ring substituents is 1. The fourth-order valence-electron chi connectivity index (χ4n) is 1.76. The zero-order chi connectivity index (χ0) is 16.8. The first-order valence-electron chi connectivity index (χ1n) is 6.99. The first kappa shape index (κ1) is 17.4. The summed E-state index contributed by atoms with van der Waals surface area (Å²) in [6.07, 6.45) is 0.993. The third-order valence-electron chi connectivity index (χ3n) is 2.99. The molecule has 0 amide bonds. The molecule has 0 saturated heterocycles. The van der Waals surface area contributed by atoms with Gasteiger partial charge in [-0.3, -0.25) is 14.9 Å². The molecule has 23 heavy (non-hydrogen) atoms. The van der Waals surface area contributed by atoms with Crippen molar-refractivity contribution in [2.24, 2.45) is 0 Å².